The lowest BCUT2D eigenvalue weighted by atomic mass is 9.83. The number of hydrogen-bond donors (Lipinski definition) is 1. The summed E-state index contributed by atoms with van der Waals surface area (Å²) in [4.78, 5) is 7.30. The summed E-state index contributed by atoms with van der Waals surface area (Å²) < 4.78 is 41.0. The van der Waals surface area contributed by atoms with Crippen LogP contribution in [0.25, 0.3) is 5.78 Å². The molecule has 0 saturated carbocycles. The molecule has 0 aromatic carbocycles. The van der Waals surface area contributed by atoms with E-state index in [1.165, 1.54) is 0 Å². The van der Waals surface area contributed by atoms with Crippen LogP contribution in [0.3, 0.4) is 0 Å². The Bertz CT molecular complexity index is 685. The first-order valence-corrected chi connectivity index (χ1v) is 7.54. The van der Waals surface area contributed by atoms with Gasteiger partial charge in [-0.2, -0.15) is 27.8 Å². The lowest BCUT2D eigenvalue weighted by molar-refractivity contribution is -0.141. The molecule has 0 aliphatic rings. The lowest BCUT2D eigenvalue weighted by Crippen LogP contribution is -2.19. The van der Waals surface area contributed by atoms with E-state index in [0.717, 1.165) is 17.3 Å². The zero-order valence-corrected chi connectivity index (χ0v) is 13.8. The highest BCUT2D eigenvalue weighted by Crippen LogP contribution is 2.35. The number of nitrogens with two attached hydrogens (primary N) is 1. The third-order valence-electron chi connectivity index (χ3n) is 3.68. The van der Waals surface area contributed by atoms with Gasteiger partial charge in [0.2, 0.25) is 0 Å². The van der Waals surface area contributed by atoms with Crippen molar-refractivity contribution in [3.8, 4) is 0 Å². The van der Waals surface area contributed by atoms with Gasteiger partial charge in [-0.05, 0) is 30.6 Å². The van der Waals surface area contributed by atoms with Gasteiger partial charge in [0.15, 0.2) is 5.69 Å². The molecule has 1 atom stereocenters. The van der Waals surface area contributed by atoms with Gasteiger partial charge < -0.3 is 5.73 Å². The third-order valence-corrected chi connectivity index (χ3v) is 3.68. The molecule has 1 unspecified atom stereocenters. The number of fused-ring (bicyclic) bond motifs is 1. The summed E-state index contributed by atoms with van der Waals surface area (Å²) in [7, 11) is 0. The van der Waals surface area contributed by atoms with Gasteiger partial charge in [-0.1, -0.05) is 27.7 Å². The highest BCUT2D eigenvalue weighted by atomic mass is 19.4. The van der Waals surface area contributed by atoms with E-state index < -0.39 is 11.9 Å². The zero-order chi connectivity index (χ0) is 17.4. The molecule has 2 heterocycles. The average molecular weight is 329 g/mol. The van der Waals surface area contributed by atoms with Gasteiger partial charge in [0.25, 0.3) is 5.78 Å². The molecule has 128 valence electrons. The molecule has 5 nitrogen and oxygen atoms in total. The van der Waals surface area contributed by atoms with Crippen molar-refractivity contribution in [1.82, 2.24) is 19.6 Å². The fraction of sp³-hybridized carbons (Fsp3) is 0.667. The average Bonchev–Trinajstić information content (AvgIpc) is 2.82. The first-order valence-electron chi connectivity index (χ1n) is 7.54. The molecule has 23 heavy (non-hydrogen) atoms. The quantitative estimate of drug-likeness (QED) is 0.928. The van der Waals surface area contributed by atoms with E-state index in [4.69, 9.17) is 5.73 Å². The SMILES string of the molecule is CC(CCc1c(C(F)(F)F)nc2ncnn2c1N)CC(C)(C)C. The number of rotatable bonds is 4. The maximum Gasteiger partial charge on any atom is 0.433 e. The Morgan fingerprint density at radius 2 is 1.91 bits per heavy atom. The number of halogens is 3. The first kappa shape index (κ1) is 17.5. The molecule has 0 bridgehead atoms. The van der Waals surface area contributed by atoms with Crippen LogP contribution in [-0.4, -0.2) is 19.6 Å². The van der Waals surface area contributed by atoms with Gasteiger partial charge in [0, 0.05) is 5.56 Å². The monoisotopic (exact) mass is 329 g/mol. The Morgan fingerprint density at radius 3 is 2.48 bits per heavy atom. The van der Waals surface area contributed by atoms with Crippen LogP contribution in [-0.2, 0) is 12.6 Å². The minimum Gasteiger partial charge on any atom is -0.383 e. The second-order valence-corrected chi connectivity index (χ2v) is 7.20. The van der Waals surface area contributed by atoms with Crippen LogP contribution in [0.1, 0.15) is 51.8 Å². The standard InChI is InChI=1S/C15H22F3N5/c1-9(7-14(2,3)4)5-6-10-11(15(16,17)18)22-13-20-8-21-23(13)12(10)19/h8-9H,5-7,19H2,1-4H3. The number of anilines is 1. The van der Waals surface area contributed by atoms with E-state index in [9.17, 15) is 13.2 Å². The van der Waals surface area contributed by atoms with E-state index in [2.05, 4.69) is 35.8 Å². The van der Waals surface area contributed by atoms with Gasteiger partial charge in [-0.25, -0.2) is 4.98 Å². The van der Waals surface area contributed by atoms with Crippen molar-refractivity contribution in [2.45, 2.75) is 53.1 Å². The third kappa shape index (κ3) is 4.11. The van der Waals surface area contributed by atoms with Crippen LogP contribution < -0.4 is 5.73 Å². The molecule has 0 aliphatic heterocycles. The van der Waals surface area contributed by atoms with Gasteiger partial charge in [0.1, 0.15) is 12.1 Å². The molecular weight excluding hydrogens is 307 g/mol. The maximum atomic E-state index is 13.3. The summed E-state index contributed by atoms with van der Waals surface area (Å²) in [5.41, 5.74) is 5.06. The van der Waals surface area contributed by atoms with Crippen molar-refractivity contribution in [3.05, 3.63) is 17.6 Å². The van der Waals surface area contributed by atoms with E-state index in [1.807, 2.05) is 6.92 Å². The summed E-state index contributed by atoms with van der Waals surface area (Å²) in [6.07, 6.45) is -1.68. The van der Waals surface area contributed by atoms with Crippen molar-refractivity contribution < 1.29 is 13.2 Å². The largest absolute Gasteiger partial charge is 0.433 e. The number of alkyl halides is 3. The van der Waals surface area contributed by atoms with Gasteiger partial charge in [0.05, 0.1) is 0 Å². The molecular formula is C15H22F3N5. The van der Waals surface area contributed by atoms with Crippen LogP contribution in [0.2, 0.25) is 0 Å². The highest BCUT2D eigenvalue weighted by Gasteiger charge is 2.37. The van der Waals surface area contributed by atoms with Crippen molar-refractivity contribution in [3.63, 3.8) is 0 Å². The summed E-state index contributed by atoms with van der Waals surface area (Å²) in [5, 5.41) is 3.84. The number of nitrogens with zero attached hydrogens (tertiary/aromatic N) is 4. The van der Waals surface area contributed by atoms with Crippen LogP contribution in [0, 0.1) is 11.3 Å². The van der Waals surface area contributed by atoms with Gasteiger partial charge in [-0.3, -0.25) is 0 Å². The predicted molar refractivity (Wildman–Crippen MR) is 81.8 cm³/mol. The highest BCUT2D eigenvalue weighted by molar-refractivity contribution is 5.50. The predicted octanol–water partition coefficient (Wildman–Crippen LogP) is 3.73. The Hall–Kier alpha value is -1.86. The van der Waals surface area contributed by atoms with Crippen molar-refractivity contribution in [2.24, 2.45) is 11.3 Å². The van der Waals surface area contributed by atoms with Crippen LogP contribution >= 0.6 is 0 Å². The summed E-state index contributed by atoms with van der Waals surface area (Å²) in [6.45, 7) is 8.38. The van der Waals surface area contributed by atoms with Crippen molar-refractivity contribution in [2.75, 3.05) is 5.73 Å². The van der Waals surface area contributed by atoms with E-state index >= 15 is 0 Å². The second-order valence-electron chi connectivity index (χ2n) is 7.20. The molecule has 0 radical (unpaired) electrons. The fourth-order valence-electron chi connectivity index (χ4n) is 2.92. The topological polar surface area (TPSA) is 69.1 Å². The summed E-state index contributed by atoms with van der Waals surface area (Å²) in [5.74, 6) is 0.103. The summed E-state index contributed by atoms with van der Waals surface area (Å²) >= 11 is 0. The smallest absolute Gasteiger partial charge is 0.383 e. The number of nitrogen functional groups attached to an aromatic ring is 1. The molecule has 2 N–H and O–H groups in total. The van der Waals surface area contributed by atoms with E-state index in [0.29, 0.717) is 6.42 Å². The second kappa shape index (κ2) is 5.98. The molecule has 0 fully saturated rings. The molecule has 8 heteroatoms. The maximum absolute atomic E-state index is 13.3. The Labute approximate surface area is 133 Å². The van der Waals surface area contributed by atoms with Crippen molar-refractivity contribution in [1.29, 1.82) is 0 Å². The van der Waals surface area contributed by atoms with Crippen LogP contribution in [0.5, 0.6) is 0 Å². The molecule has 0 amide bonds. The number of aromatic nitrogens is 4. The Balaban J connectivity index is 2.33. The Morgan fingerprint density at radius 1 is 1.26 bits per heavy atom. The van der Waals surface area contributed by atoms with Gasteiger partial charge in [-0.15, -0.1) is 0 Å². The zero-order valence-electron chi connectivity index (χ0n) is 13.8. The minimum absolute atomic E-state index is 0.00346. The van der Waals surface area contributed by atoms with E-state index in [1.54, 1.807) is 0 Å². The molecule has 2 aromatic heterocycles. The molecule has 0 saturated heterocycles. The normalized spacial score (nSPS) is 14.4. The van der Waals surface area contributed by atoms with Crippen LogP contribution in [0.4, 0.5) is 19.0 Å². The Kier molecular flexibility index (Phi) is 4.54. The van der Waals surface area contributed by atoms with Crippen LogP contribution in [0.15, 0.2) is 6.33 Å². The molecule has 2 aromatic rings. The summed E-state index contributed by atoms with van der Waals surface area (Å²) in [6, 6.07) is 0. The molecule has 2 rings (SSSR count). The fourth-order valence-corrected chi connectivity index (χ4v) is 2.92. The molecule has 0 spiro atoms. The van der Waals surface area contributed by atoms with Gasteiger partial charge >= 0.3 is 6.18 Å². The van der Waals surface area contributed by atoms with Crippen molar-refractivity contribution >= 4 is 11.6 Å². The van der Waals surface area contributed by atoms with E-state index in [-0.39, 0.29) is 34.9 Å². The lowest BCUT2D eigenvalue weighted by Gasteiger charge is -2.23. The first-order chi connectivity index (χ1) is 10.5. The minimum atomic E-state index is -4.57. The number of hydrogen-bond acceptors (Lipinski definition) is 4. The molecule has 0 aliphatic carbocycles.